The Hall–Kier alpha value is -2.50. The van der Waals surface area contributed by atoms with E-state index in [2.05, 4.69) is 27.4 Å². The summed E-state index contributed by atoms with van der Waals surface area (Å²) in [4.78, 5) is 11.1. The first-order valence-electron chi connectivity index (χ1n) is 5.01. The van der Waals surface area contributed by atoms with Crippen molar-refractivity contribution in [3.63, 3.8) is 0 Å². The number of rotatable bonds is 4. The van der Waals surface area contributed by atoms with Gasteiger partial charge in [0, 0.05) is 5.69 Å². The third kappa shape index (κ3) is 2.97. The molecule has 0 saturated heterocycles. The van der Waals surface area contributed by atoms with Crippen LogP contribution in [0.25, 0.3) is 0 Å². The molecular formula is C11H11N5O. The first kappa shape index (κ1) is 11.0. The van der Waals surface area contributed by atoms with Crippen LogP contribution < -0.4 is 5.32 Å². The molecule has 0 unspecified atom stereocenters. The van der Waals surface area contributed by atoms with Gasteiger partial charge in [0.05, 0.1) is 6.54 Å². The molecule has 2 aromatic rings. The Morgan fingerprint density at radius 2 is 2.18 bits per heavy atom. The number of nitrogens with one attached hydrogen (secondary N) is 1. The molecule has 0 aliphatic carbocycles. The lowest BCUT2D eigenvalue weighted by atomic mass is 10.2. The second-order valence-electron chi connectivity index (χ2n) is 3.40. The molecule has 86 valence electrons. The molecule has 1 aromatic heterocycles. The Kier molecular flexibility index (Phi) is 3.25. The number of amides is 1. The number of hydrogen-bond acceptors (Lipinski definition) is 4. The molecule has 0 atom stereocenters. The Balaban J connectivity index is 2.02. The number of hydrogen-bond donors (Lipinski definition) is 1. The monoisotopic (exact) mass is 229 g/mol. The topological polar surface area (TPSA) is 72.7 Å². The van der Waals surface area contributed by atoms with Crippen molar-refractivity contribution in [1.29, 1.82) is 0 Å². The predicted octanol–water partition coefficient (Wildman–Crippen LogP) is 0.846. The van der Waals surface area contributed by atoms with Crippen LogP contribution in [0.2, 0.25) is 0 Å². The van der Waals surface area contributed by atoms with Gasteiger partial charge in [0.15, 0.2) is 0 Å². The molecule has 1 aromatic carbocycles. The maximum Gasteiger partial charge on any atom is 0.247 e. The van der Waals surface area contributed by atoms with Crippen molar-refractivity contribution in [3.8, 4) is 0 Å². The summed E-state index contributed by atoms with van der Waals surface area (Å²) in [5.74, 6) is -0.224. The summed E-state index contributed by atoms with van der Waals surface area (Å²) in [6.07, 6.45) is 2.78. The molecule has 0 aliphatic rings. The van der Waals surface area contributed by atoms with E-state index in [-0.39, 0.29) is 5.91 Å². The zero-order chi connectivity index (χ0) is 12.1. The van der Waals surface area contributed by atoms with Gasteiger partial charge in [-0.1, -0.05) is 18.7 Å². The van der Waals surface area contributed by atoms with Gasteiger partial charge in [0.25, 0.3) is 0 Å². The van der Waals surface area contributed by atoms with Gasteiger partial charge < -0.3 is 5.32 Å². The average molecular weight is 229 g/mol. The highest BCUT2D eigenvalue weighted by Gasteiger charge is 1.99. The molecule has 0 saturated carbocycles. The Morgan fingerprint density at radius 3 is 2.76 bits per heavy atom. The first-order chi connectivity index (χ1) is 8.28. The molecule has 2 rings (SSSR count). The van der Waals surface area contributed by atoms with E-state index in [1.165, 1.54) is 6.08 Å². The molecular weight excluding hydrogens is 218 g/mol. The lowest BCUT2D eigenvalue weighted by Gasteiger charge is -2.04. The fraction of sp³-hybridized carbons (Fsp3) is 0.0909. The Labute approximate surface area is 98.0 Å². The SMILES string of the molecule is C=CC(=O)Nc1ccc(Cn2cnnn2)cc1. The summed E-state index contributed by atoms with van der Waals surface area (Å²) in [5, 5.41) is 13.5. The molecule has 6 nitrogen and oxygen atoms in total. The summed E-state index contributed by atoms with van der Waals surface area (Å²) in [5.41, 5.74) is 1.78. The molecule has 0 radical (unpaired) electrons. The van der Waals surface area contributed by atoms with E-state index in [4.69, 9.17) is 0 Å². The van der Waals surface area contributed by atoms with Gasteiger partial charge in [-0.05, 0) is 34.2 Å². The number of benzene rings is 1. The first-order valence-corrected chi connectivity index (χ1v) is 5.01. The van der Waals surface area contributed by atoms with Crippen molar-refractivity contribution < 1.29 is 4.79 Å². The molecule has 1 heterocycles. The van der Waals surface area contributed by atoms with E-state index >= 15 is 0 Å². The number of aromatic nitrogens is 4. The standard InChI is InChI=1S/C11H11N5O/c1-2-11(17)13-10-5-3-9(4-6-10)7-16-8-12-14-15-16/h2-6,8H,1,7H2,(H,13,17). The van der Waals surface area contributed by atoms with Crippen LogP contribution in [-0.4, -0.2) is 26.1 Å². The fourth-order valence-electron chi connectivity index (χ4n) is 1.33. The maximum absolute atomic E-state index is 11.1. The highest BCUT2D eigenvalue weighted by molar-refractivity contribution is 5.98. The van der Waals surface area contributed by atoms with Crippen LogP contribution in [0.15, 0.2) is 43.2 Å². The minimum absolute atomic E-state index is 0.224. The number of tetrazole rings is 1. The van der Waals surface area contributed by atoms with Crippen molar-refractivity contribution in [3.05, 3.63) is 48.8 Å². The summed E-state index contributed by atoms with van der Waals surface area (Å²) in [7, 11) is 0. The zero-order valence-electron chi connectivity index (χ0n) is 9.08. The number of carbonyl (C=O) groups excluding carboxylic acids is 1. The maximum atomic E-state index is 11.1. The summed E-state index contributed by atoms with van der Waals surface area (Å²) >= 11 is 0. The smallest absolute Gasteiger partial charge is 0.247 e. The van der Waals surface area contributed by atoms with Crippen molar-refractivity contribution in [2.24, 2.45) is 0 Å². The summed E-state index contributed by atoms with van der Waals surface area (Å²) in [6.45, 7) is 3.99. The molecule has 0 fully saturated rings. The summed E-state index contributed by atoms with van der Waals surface area (Å²) < 4.78 is 1.62. The van der Waals surface area contributed by atoms with Gasteiger partial charge >= 0.3 is 0 Å². The van der Waals surface area contributed by atoms with E-state index in [0.29, 0.717) is 6.54 Å². The second kappa shape index (κ2) is 5.02. The van der Waals surface area contributed by atoms with Crippen LogP contribution in [-0.2, 0) is 11.3 Å². The van der Waals surface area contributed by atoms with E-state index in [9.17, 15) is 4.79 Å². The van der Waals surface area contributed by atoms with Crippen LogP contribution in [0, 0.1) is 0 Å². The quantitative estimate of drug-likeness (QED) is 0.789. The molecule has 1 N–H and O–H groups in total. The average Bonchev–Trinajstić information content (AvgIpc) is 2.84. The lowest BCUT2D eigenvalue weighted by molar-refractivity contribution is -0.111. The lowest BCUT2D eigenvalue weighted by Crippen LogP contribution is -2.07. The van der Waals surface area contributed by atoms with E-state index in [1.807, 2.05) is 24.3 Å². The number of anilines is 1. The van der Waals surface area contributed by atoms with Crippen LogP contribution in [0.1, 0.15) is 5.56 Å². The minimum Gasteiger partial charge on any atom is -0.323 e. The highest BCUT2D eigenvalue weighted by Crippen LogP contribution is 2.10. The van der Waals surface area contributed by atoms with Gasteiger partial charge in [-0.3, -0.25) is 4.79 Å². The van der Waals surface area contributed by atoms with Crippen LogP contribution in [0.3, 0.4) is 0 Å². The minimum atomic E-state index is -0.224. The van der Waals surface area contributed by atoms with Gasteiger partial charge in [-0.25, -0.2) is 4.68 Å². The van der Waals surface area contributed by atoms with E-state index in [0.717, 1.165) is 11.3 Å². The van der Waals surface area contributed by atoms with Crippen LogP contribution in [0.5, 0.6) is 0 Å². The summed E-state index contributed by atoms with van der Waals surface area (Å²) in [6, 6.07) is 7.45. The number of nitrogens with zero attached hydrogens (tertiary/aromatic N) is 4. The second-order valence-corrected chi connectivity index (χ2v) is 3.40. The largest absolute Gasteiger partial charge is 0.323 e. The molecule has 0 spiro atoms. The third-order valence-electron chi connectivity index (χ3n) is 2.14. The molecule has 1 amide bonds. The van der Waals surface area contributed by atoms with Gasteiger partial charge in [0.2, 0.25) is 5.91 Å². The van der Waals surface area contributed by atoms with Gasteiger partial charge in [-0.2, -0.15) is 0 Å². The zero-order valence-corrected chi connectivity index (χ0v) is 9.08. The highest BCUT2D eigenvalue weighted by atomic mass is 16.1. The van der Waals surface area contributed by atoms with Crippen LogP contribution in [0.4, 0.5) is 5.69 Å². The third-order valence-corrected chi connectivity index (χ3v) is 2.14. The fourth-order valence-corrected chi connectivity index (χ4v) is 1.33. The molecule has 6 heteroatoms. The molecule has 0 bridgehead atoms. The van der Waals surface area contributed by atoms with E-state index < -0.39 is 0 Å². The van der Waals surface area contributed by atoms with Crippen molar-refractivity contribution in [1.82, 2.24) is 20.2 Å². The van der Waals surface area contributed by atoms with Gasteiger partial charge in [-0.15, -0.1) is 5.10 Å². The van der Waals surface area contributed by atoms with Crippen LogP contribution >= 0.6 is 0 Å². The molecule has 0 aliphatic heterocycles. The Morgan fingerprint density at radius 1 is 1.41 bits per heavy atom. The predicted molar refractivity (Wildman–Crippen MR) is 62.2 cm³/mol. The van der Waals surface area contributed by atoms with Crippen molar-refractivity contribution in [2.45, 2.75) is 6.54 Å². The normalized spacial score (nSPS) is 9.88. The number of carbonyl (C=O) groups is 1. The van der Waals surface area contributed by atoms with Crippen molar-refractivity contribution >= 4 is 11.6 Å². The molecule has 17 heavy (non-hydrogen) atoms. The van der Waals surface area contributed by atoms with Gasteiger partial charge in [0.1, 0.15) is 6.33 Å². The van der Waals surface area contributed by atoms with E-state index in [1.54, 1.807) is 11.0 Å². The van der Waals surface area contributed by atoms with Crippen molar-refractivity contribution in [2.75, 3.05) is 5.32 Å². The Bertz CT molecular complexity index is 503.